The molecule has 0 aliphatic carbocycles. The molecule has 1 N–H and O–H groups in total. The summed E-state index contributed by atoms with van der Waals surface area (Å²) < 4.78 is 59.6. The van der Waals surface area contributed by atoms with Crippen LogP contribution in [0.1, 0.15) is 33.6 Å². The summed E-state index contributed by atoms with van der Waals surface area (Å²) in [5.74, 6) is -9.64. The molecular formula is C18H19F4N3O4. The molecule has 0 radical (unpaired) electrons. The molecule has 0 spiro atoms. The molecule has 7 nitrogen and oxygen atoms in total. The minimum Gasteiger partial charge on any atom is -0.451 e. The molecule has 1 aliphatic rings. The van der Waals surface area contributed by atoms with Crippen molar-refractivity contribution in [2.75, 3.05) is 11.6 Å². The third-order valence-electron chi connectivity index (χ3n) is 4.29. The summed E-state index contributed by atoms with van der Waals surface area (Å²) in [6.07, 6.45) is -0.652. The lowest BCUT2D eigenvalue weighted by molar-refractivity contribution is -0.142. The Labute approximate surface area is 163 Å². The molecule has 1 aromatic rings. The molecule has 0 saturated carbocycles. The monoisotopic (exact) mass is 417 g/mol. The first kappa shape index (κ1) is 22.3. The number of rotatable bonds is 6. The summed E-state index contributed by atoms with van der Waals surface area (Å²) in [6, 6.07) is -0.187. The highest BCUT2D eigenvalue weighted by Crippen LogP contribution is 2.30. The Bertz CT molecular complexity index is 847. The highest BCUT2D eigenvalue weighted by Gasteiger charge is 2.33. The Morgan fingerprint density at radius 3 is 2.28 bits per heavy atom. The van der Waals surface area contributed by atoms with Gasteiger partial charge < -0.3 is 10.1 Å². The van der Waals surface area contributed by atoms with Crippen molar-refractivity contribution in [3.8, 4) is 0 Å². The van der Waals surface area contributed by atoms with E-state index in [9.17, 15) is 31.9 Å². The first-order chi connectivity index (χ1) is 13.5. The van der Waals surface area contributed by atoms with Gasteiger partial charge in [0.2, 0.25) is 5.91 Å². The lowest BCUT2D eigenvalue weighted by Gasteiger charge is -2.23. The van der Waals surface area contributed by atoms with E-state index in [0.29, 0.717) is 0 Å². The maximum Gasteiger partial charge on any atom is 0.355 e. The van der Waals surface area contributed by atoms with Gasteiger partial charge in [-0.05, 0) is 12.8 Å². The number of nitrogens with zero attached hydrogens (tertiary/aromatic N) is 2. The van der Waals surface area contributed by atoms with Crippen LogP contribution in [0.4, 0.5) is 23.2 Å². The normalized spacial score (nSPS) is 15.2. The van der Waals surface area contributed by atoms with Crippen molar-refractivity contribution >= 4 is 29.2 Å². The van der Waals surface area contributed by atoms with Gasteiger partial charge in [0.25, 0.3) is 5.91 Å². The van der Waals surface area contributed by atoms with Crippen molar-refractivity contribution in [1.29, 1.82) is 0 Å². The van der Waals surface area contributed by atoms with E-state index in [1.807, 2.05) is 13.8 Å². The van der Waals surface area contributed by atoms with Gasteiger partial charge in [0.05, 0.1) is 0 Å². The number of benzene rings is 1. The van der Waals surface area contributed by atoms with Crippen molar-refractivity contribution < 1.29 is 36.7 Å². The van der Waals surface area contributed by atoms with Crippen molar-refractivity contribution in [1.82, 2.24) is 5.32 Å². The molecule has 11 heteroatoms. The fourth-order valence-electron chi connectivity index (χ4n) is 2.30. The predicted molar refractivity (Wildman–Crippen MR) is 93.8 cm³/mol. The fraction of sp³-hybridized carbons (Fsp3) is 0.444. The summed E-state index contributed by atoms with van der Waals surface area (Å²) in [6.45, 7) is 4.89. The Morgan fingerprint density at radius 2 is 1.72 bits per heavy atom. The molecule has 1 aliphatic heterocycles. The molecular weight excluding hydrogens is 398 g/mol. The number of hydrazone groups is 1. The molecule has 0 saturated heterocycles. The molecule has 29 heavy (non-hydrogen) atoms. The van der Waals surface area contributed by atoms with Crippen LogP contribution in [-0.4, -0.2) is 36.1 Å². The van der Waals surface area contributed by atoms with E-state index in [4.69, 9.17) is 4.74 Å². The number of carbonyl (C=O) groups is 3. The number of carbonyl (C=O) groups excluding carboxylic acids is 3. The van der Waals surface area contributed by atoms with Gasteiger partial charge >= 0.3 is 5.97 Å². The Balaban J connectivity index is 2.18. The van der Waals surface area contributed by atoms with Crippen LogP contribution in [0.2, 0.25) is 0 Å². The van der Waals surface area contributed by atoms with Crippen LogP contribution in [-0.2, 0) is 19.1 Å². The minimum atomic E-state index is -1.84. The van der Waals surface area contributed by atoms with Crippen molar-refractivity contribution in [3.63, 3.8) is 0 Å². The van der Waals surface area contributed by atoms with E-state index >= 15 is 0 Å². The van der Waals surface area contributed by atoms with Crippen LogP contribution in [0.15, 0.2) is 11.2 Å². The molecule has 2 rings (SSSR count). The van der Waals surface area contributed by atoms with Gasteiger partial charge in [0.15, 0.2) is 29.9 Å². The average Bonchev–Trinajstić information content (AvgIpc) is 2.66. The van der Waals surface area contributed by atoms with Crippen LogP contribution in [0.25, 0.3) is 0 Å². The van der Waals surface area contributed by atoms with E-state index in [-0.39, 0.29) is 29.5 Å². The summed E-state index contributed by atoms with van der Waals surface area (Å²) in [5.41, 5.74) is -1.81. The van der Waals surface area contributed by atoms with E-state index in [1.165, 1.54) is 0 Å². The Kier molecular flexibility index (Phi) is 6.93. The zero-order valence-electron chi connectivity index (χ0n) is 15.9. The van der Waals surface area contributed by atoms with E-state index in [1.54, 1.807) is 6.92 Å². The third-order valence-corrected chi connectivity index (χ3v) is 4.29. The summed E-state index contributed by atoms with van der Waals surface area (Å²) in [7, 11) is 0. The quantitative estimate of drug-likeness (QED) is 0.438. The summed E-state index contributed by atoms with van der Waals surface area (Å²) >= 11 is 0. The number of amides is 2. The lowest BCUT2D eigenvalue weighted by Crippen LogP contribution is -2.40. The van der Waals surface area contributed by atoms with E-state index < -0.39 is 65.5 Å². The van der Waals surface area contributed by atoms with Crippen molar-refractivity contribution in [2.45, 2.75) is 39.7 Å². The molecule has 0 fully saturated rings. The summed E-state index contributed by atoms with van der Waals surface area (Å²) in [4.78, 5) is 35.8. The smallest absolute Gasteiger partial charge is 0.355 e. The van der Waals surface area contributed by atoms with Crippen LogP contribution >= 0.6 is 0 Å². The van der Waals surface area contributed by atoms with Crippen molar-refractivity contribution in [3.05, 3.63) is 29.3 Å². The molecule has 0 unspecified atom stereocenters. The van der Waals surface area contributed by atoms with Gasteiger partial charge in [-0.15, -0.1) is 0 Å². The fourth-order valence-corrected chi connectivity index (χ4v) is 2.30. The molecule has 0 aromatic heterocycles. The largest absolute Gasteiger partial charge is 0.451 e. The zero-order valence-corrected chi connectivity index (χ0v) is 15.9. The topological polar surface area (TPSA) is 88.1 Å². The second-order valence-corrected chi connectivity index (χ2v) is 6.75. The molecule has 1 aromatic carbocycles. The molecule has 158 valence electrons. The lowest BCUT2D eigenvalue weighted by atomic mass is 10.1. The van der Waals surface area contributed by atoms with Gasteiger partial charge in [-0.2, -0.15) is 10.1 Å². The maximum absolute atomic E-state index is 14.0. The molecule has 1 heterocycles. The number of halogens is 4. The second-order valence-electron chi connectivity index (χ2n) is 6.75. The zero-order chi connectivity index (χ0) is 21.9. The van der Waals surface area contributed by atoms with E-state index in [2.05, 4.69) is 10.4 Å². The first-order valence-corrected chi connectivity index (χ1v) is 8.72. The number of anilines is 1. The standard InChI is InChI=1S/C18H19F4N3O4/c1-8(2)9(3)23-13(26)7-29-18(28)12-4-5-14(27)25(24-12)17-15(21)10(19)6-11(20)16(17)22/h6,8-9H,4-5,7H2,1-3H3,(H,23,26)/t9-/m1/s1. The summed E-state index contributed by atoms with van der Waals surface area (Å²) in [5, 5.41) is 6.17. The van der Waals surface area contributed by atoms with Gasteiger partial charge in [-0.3, -0.25) is 9.59 Å². The van der Waals surface area contributed by atoms with Gasteiger partial charge in [0, 0.05) is 24.9 Å². The number of ether oxygens (including phenoxy) is 1. The van der Waals surface area contributed by atoms with Crippen LogP contribution in [0.3, 0.4) is 0 Å². The highest BCUT2D eigenvalue weighted by molar-refractivity contribution is 6.38. The molecule has 2 amide bonds. The highest BCUT2D eigenvalue weighted by atomic mass is 19.2. The van der Waals surface area contributed by atoms with Crippen LogP contribution < -0.4 is 10.3 Å². The Hall–Kier alpha value is -2.98. The van der Waals surface area contributed by atoms with E-state index in [0.717, 1.165) is 0 Å². The number of esters is 1. The maximum atomic E-state index is 14.0. The third kappa shape index (κ3) is 5.09. The second kappa shape index (κ2) is 9.01. The molecule has 0 bridgehead atoms. The SMILES string of the molecule is CC(C)[C@@H](C)NC(=O)COC(=O)C1=NN(c2c(F)c(F)cc(F)c2F)C(=O)CC1. The first-order valence-electron chi connectivity index (χ1n) is 8.72. The van der Waals surface area contributed by atoms with Crippen LogP contribution in [0, 0.1) is 29.2 Å². The number of hydrogen-bond acceptors (Lipinski definition) is 5. The van der Waals surface area contributed by atoms with Gasteiger partial charge in [-0.1, -0.05) is 13.8 Å². The minimum absolute atomic E-state index is 0.0156. The predicted octanol–water partition coefficient (Wildman–Crippen LogP) is 2.43. The number of hydrogen-bond donors (Lipinski definition) is 1. The average molecular weight is 417 g/mol. The van der Waals surface area contributed by atoms with Gasteiger partial charge in [-0.25, -0.2) is 22.4 Å². The molecule has 1 atom stereocenters. The van der Waals surface area contributed by atoms with Crippen LogP contribution in [0.5, 0.6) is 0 Å². The number of nitrogens with one attached hydrogen (secondary N) is 1. The van der Waals surface area contributed by atoms with Gasteiger partial charge in [0.1, 0.15) is 11.4 Å². The van der Waals surface area contributed by atoms with Crippen molar-refractivity contribution in [2.24, 2.45) is 11.0 Å². The Morgan fingerprint density at radius 1 is 1.14 bits per heavy atom.